The second-order valence-electron chi connectivity index (χ2n) is 3.37. The number of hydrogen-bond donors (Lipinski definition) is 1. The Kier molecular flexibility index (Phi) is 2.49. The molecule has 0 bridgehead atoms. The number of halogens is 3. The topological polar surface area (TPSA) is 50.2 Å². The zero-order valence-electron chi connectivity index (χ0n) is 8.32. The maximum Gasteiger partial charge on any atom is 0.433 e. The first kappa shape index (κ1) is 11.4. The lowest BCUT2D eigenvalue weighted by molar-refractivity contribution is -0.140. The van der Waals surface area contributed by atoms with Crippen molar-refractivity contribution in [3.63, 3.8) is 0 Å². The molecule has 1 N–H and O–H groups in total. The van der Waals surface area contributed by atoms with E-state index in [1.54, 1.807) is 0 Å². The first-order valence-electron chi connectivity index (χ1n) is 4.60. The van der Waals surface area contributed by atoms with E-state index in [4.69, 9.17) is 5.11 Å². The predicted octanol–water partition coefficient (Wildman–Crippen LogP) is 2.95. The van der Waals surface area contributed by atoms with E-state index in [9.17, 15) is 18.0 Å². The standard InChI is InChI=1S/C11H6F3NO2/c12-11(13,14)9-5-4-6-7(10(16)17)2-1-3-8(6)15-9/h1-5H,(H,16,17). The Bertz CT molecular complexity index is 593. The number of nitrogens with zero attached hydrogens (tertiary/aromatic N) is 1. The third kappa shape index (κ3) is 2.06. The third-order valence-corrected chi connectivity index (χ3v) is 2.25. The highest BCUT2D eigenvalue weighted by molar-refractivity contribution is 6.02. The number of pyridine rings is 1. The average molecular weight is 241 g/mol. The third-order valence-electron chi connectivity index (χ3n) is 2.25. The van der Waals surface area contributed by atoms with E-state index in [1.165, 1.54) is 18.2 Å². The van der Waals surface area contributed by atoms with Crippen LogP contribution in [-0.4, -0.2) is 16.1 Å². The minimum absolute atomic E-state index is 0.0136. The van der Waals surface area contributed by atoms with Gasteiger partial charge in [0.25, 0.3) is 0 Å². The van der Waals surface area contributed by atoms with Crippen LogP contribution in [0, 0.1) is 0 Å². The van der Waals surface area contributed by atoms with Gasteiger partial charge in [-0.15, -0.1) is 0 Å². The highest BCUT2D eigenvalue weighted by Gasteiger charge is 2.32. The smallest absolute Gasteiger partial charge is 0.433 e. The van der Waals surface area contributed by atoms with Gasteiger partial charge in [-0.3, -0.25) is 0 Å². The Morgan fingerprint density at radius 1 is 1.18 bits per heavy atom. The van der Waals surface area contributed by atoms with Crippen molar-refractivity contribution in [3.8, 4) is 0 Å². The number of benzene rings is 1. The molecular weight excluding hydrogens is 235 g/mol. The zero-order valence-corrected chi connectivity index (χ0v) is 8.32. The lowest BCUT2D eigenvalue weighted by Crippen LogP contribution is -2.08. The predicted molar refractivity (Wildman–Crippen MR) is 53.7 cm³/mol. The molecule has 0 aliphatic rings. The van der Waals surface area contributed by atoms with Crippen molar-refractivity contribution in [2.45, 2.75) is 6.18 Å². The summed E-state index contributed by atoms with van der Waals surface area (Å²) in [5.74, 6) is -1.20. The lowest BCUT2D eigenvalue weighted by atomic mass is 10.1. The first-order chi connectivity index (χ1) is 7.89. The summed E-state index contributed by atoms with van der Waals surface area (Å²) in [5.41, 5.74) is -1.09. The summed E-state index contributed by atoms with van der Waals surface area (Å²) in [5, 5.41) is 9.05. The zero-order chi connectivity index (χ0) is 12.6. The van der Waals surface area contributed by atoms with Crippen LogP contribution in [0.4, 0.5) is 13.2 Å². The number of alkyl halides is 3. The Morgan fingerprint density at radius 3 is 2.47 bits per heavy atom. The van der Waals surface area contributed by atoms with Gasteiger partial charge in [0.15, 0.2) is 0 Å². The molecule has 1 aromatic heterocycles. The summed E-state index contributed by atoms with van der Waals surface area (Å²) >= 11 is 0. The fourth-order valence-electron chi connectivity index (χ4n) is 1.50. The Balaban J connectivity index is 2.69. The van der Waals surface area contributed by atoms with Crippen molar-refractivity contribution in [1.29, 1.82) is 0 Å². The van der Waals surface area contributed by atoms with Gasteiger partial charge < -0.3 is 5.11 Å². The fourth-order valence-corrected chi connectivity index (χ4v) is 1.50. The number of fused-ring (bicyclic) bond motifs is 1. The second-order valence-corrected chi connectivity index (χ2v) is 3.37. The quantitative estimate of drug-likeness (QED) is 0.835. The van der Waals surface area contributed by atoms with Crippen LogP contribution < -0.4 is 0 Å². The largest absolute Gasteiger partial charge is 0.478 e. The fraction of sp³-hybridized carbons (Fsp3) is 0.0909. The van der Waals surface area contributed by atoms with Crippen molar-refractivity contribution < 1.29 is 23.1 Å². The van der Waals surface area contributed by atoms with Crippen molar-refractivity contribution in [2.75, 3.05) is 0 Å². The molecule has 0 radical (unpaired) electrons. The molecule has 6 heteroatoms. The molecule has 0 fully saturated rings. The Labute approximate surface area is 93.5 Å². The van der Waals surface area contributed by atoms with E-state index in [1.807, 2.05) is 0 Å². The van der Waals surface area contributed by atoms with Crippen LogP contribution in [0.3, 0.4) is 0 Å². The highest BCUT2D eigenvalue weighted by atomic mass is 19.4. The van der Waals surface area contributed by atoms with Gasteiger partial charge >= 0.3 is 12.1 Å². The number of rotatable bonds is 1. The molecule has 0 unspecified atom stereocenters. The normalized spacial score (nSPS) is 11.7. The number of aromatic nitrogens is 1. The molecule has 2 rings (SSSR count). The van der Waals surface area contributed by atoms with Crippen molar-refractivity contribution >= 4 is 16.9 Å². The first-order valence-corrected chi connectivity index (χ1v) is 4.60. The van der Waals surface area contributed by atoms with E-state index in [2.05, 4.69) is 4.98 Å². The van der Waals surface area contributed by atoms with Gasteiger partial charge in [0.05, 0.1) is 11.1 Å². The van der Waals surface area contributed by atoms with Crippen molar-refractivity contribution in [1.82, 2.24) is 4.98 Å². The SMILES string of the molecule is O=C(O)c1cccc2nc(C(F)(F)F)ccc12. The molecule has 1 heterocycles. The van der Waals surface area contributed by atoms with Crippen LogP contribution in [0.5, 0.6) is 0 Å². The van der Waals surface area contributed by atoms with Crippen LogP contribution >= 0.6 is 0 Å². The van der Waals surface area contributed by atoms with Gasteiger partial charge in [-0.25, -0.2) is 9.78 Å². The molecule has 0 aliphatic heterocycles. The van der Waals surface area contributed by atoms with Gasteiger partial charge in [0.2, 0.25) is 0 Å². The van der Waals surface area contributed by atoms with Crippen LogP contribution in [0.25, 0.3) is 10.9 Å². The molecule has 0 saturated carbocycles. The summed E-state index contributed by atoms with van der Waals surface area (Å²) in [6.07, 6.45) is -4.53. The molecule has 88 valence electrons. The van der Waals surface area contributed by atoms with Gasteiger partial charge in [0.1, 0.15) is 5.69 Å². The summed E-state index contributed by atoms with van der Waals surface area (Å²) in [7, 11) is 0. The number of hydrogen-bond acceptors (Lipinski definition) is 2. The summed E-state index contributed by atoms with van der Waals surface area (Å²) in [4.78, 5) is 14.2. The molecule has 2 aromatic rings. The van der Waals surface area contributed by atoms with Crippen LogP contribution in [0.2, 0.25) is 0 Å². The van der Waals surface area contributed by atoms with Gasteiger partial charge in [0, 0.05) is 5.39 Å². The van der Waals surface area contributed by atoms with Gasteiger partial charge in [-0.2, -0.15) is 13.2 Å². The van der Waals surface area contributed by atoms with Crippen molar-refractivity contribution in [2.24, 2.45) is 0 Å². The molecule has 0 amide bonds. The van der Waals surface area contributed by atoms with E-state index >= 15 is 0 Å². The molecule has 0 saturated heterocycles. The molecule has 0 atom stereocenters. The summed E-state index contributed by atoms with van der Waals surface area (Å²) in [6, 6.07) is 5.92. The Hall–Kier alpha value is -2.11. The minimum atomic E-state index is -4.53. The van der Waals surface area contributed by atoms with Gasteiger partial charge in [-0.05, 0) is 24.3 Å². The number of carboxylic acid groups (broad SMARTS) is 1. The molecule has 0 spiro atoms. The second kappa shape index (κ2) is 3.73. The lowest BCUT2D eigenvalue weighted by Gasteiger charge is -2.07. The Morgan fingerprint density at radius 2 is 1.88 bits per heavy atom. The molecule has 17 heavy (non-hydrogen) atoms. The molecule has 1 aromatic carbocycles. The van der Waals surface area contributed by atoms with Crippen molar-refractivity contribution in [3.05, 3.63) is 41.6 Å². The van der Waals surface area contributed by atoms with Crippen LogP contribution in [0.1, 0.15) is 16.1 Å². The van der Waals surface area contributed by atoms with Gasteiger partial charge in [-0.1, -0.05) is 6.07 Å². The maximum absolute atomic E-state index is 12.4. The maximum atomic E-state index is 12.4. The minimum Gasteiger partial charge on any atom is -0.478 e. The average Bonchev–Trinajstić information content (AvgIpc) is 2.26. The number of carboxylic acids is 1. The number of carbonyl (C=O) groups is 1. The van der Waals surface area contributed by atoms with Crippen LogP contribution in [0.15, 0.2) is 30.3 Å². The highest BCUT2D eigenvalue weighted by Crippen LogP contribution is 2.29. The van der Waals surface area contributed by atoms with E-state index in [0.717, 1.165) is 12.1 Å². The molecule has 3 nitrogen and oxygen atoms in total. The van der Waals surface area contributed by atoms with Crippen LogP contribution in [-0.2, 0) is 6.18 Å². The molecule has 0 aliphatic carbocycles. The van der Waals surface area contributed by atoms with E-state index in [0.29, 0.717) is 0 Å². The van der Waals surface area contributed by atoms with E-state index in [-0.39, 0.29) is 16.5 Å². The monoisotopic (exact) mass is 241 g/mol. The molecular formula is C11H6F3NO2. The van der Waals surface area contributed by atoms with E-state index < -0.39 is 17.8 Å². The summed E-state index contributed by atoms with van der Waals surface area (Å²) < 4.78 is 37.2. The summed E-state index contributed by atoms with van der Waals surface area (Å²) in [6.45, 7) is 0. The number of aromatic carboxylic acids is 1.